The summed E-state index contributed by atoms with van der Waals surface area (Å²) in [5.41, 5.74) is -4.63. The van der Waals surface area contributed by atoms with Crippen LogP contribution in [0.2, 0.25) is 0 Å². The molecule has 23 nitrogen and oxygen atoms in total. The number of fused-ring (bicyclic) bond motifs is 1. The summed E-state index contributed by atoms with van der Waals surface area (Å²) in [7, 11) is 0. The van der Waals surface area contributed by atoms with E-state index in [0.717, 1.165) is 12.3 Å². The van der Waals surface area contributed by atoms with E-state index >= 15 is 0 Å². The summed E-state index contributed by atoms with van der Waals surface area (Å²) in [6.07, 6.45) is -21.2. The Hall–Kier alpha value is -3.67. The first-order chi connectivity index (χ1) is 28.5. The van der Waals surface area contributed by atoms with Crippen molar-refractivity contribution in [1.29, 1.82) is 0 Å². The lowest BCUT2D eigenvalue weighted by atomic mass is 9.98. The van der Waals surface area contributed by atoms with Crippen LogP contribution in [0.1, 0.15) is 0 Å². The molecule has 4 fully saturated rings. The second-order valence-corrected chi connectivity index (χ2v) is 15.0. The molecule has 23 heteroatoms. The van der Waals surface area contributed by atoms with Crippen molar-refractivity contribution in [3.8, 4) is 28.4 Å². The molecule has 3 aromatic rings. The second-order valence-electron chi connectivity index (χ2n) is 15.0. The molecule has 332 valence electrons. The Kier molecular flexibility index (Phi) is 13.0. The maximum absolute atomic E-state index is 13.6. The monoisotopic (exact) mass is 858 g/mol. The van der Waals surface area contributed by atoms with Crippen molar-refractivity contribution >= 4 is 11.0 Å². The number of phenols is 1. The summed E-state index contributed by atoms with van der Waals surface area (Å²) in [5.74, 6) is -0.563. The molecule has 7 rings (SSSR count). The molecule has 16 atom stereocenters. The van der Waals surface area contributed by atoms with E-state index in [2.05, 4.69) is 0 Å². The van der Waals surface area contributed by atoms with E-state index < -0.39 is 148 Å². The Morgan fingerprint density at radius 3 is 1.60 bits per heavy atom. The molecule has 13 N–H and O–H groups in total. The smallest absolute Gasteiger partial charge is 0.229 e. The standard InChI is InChI=1S/C37H46O23/c38-7-20-24(42)26(44)28(46)32(59-20)53-10-36(50)12-55-34(30(36)48)57-15-3-1-14(2-4-15)17-9-52-19-6-16(5-18(40)22(19)23(17)41)58-35-31(49)37(51,13-56-35)11-54-33-29(47)27(45)25(43)21(8-39)60-33/h1-6,9,20-21,24-35,38-40,42-51H,7-8,10-13H2/t20-,21+,24-,25+,26+,27-,28-,29+,30+,31-,32-,33+,34+,35-,36-,37+/m0/s1. The fraction of sp³-hybridized carbons (Fsp3) is 0.595. The third-order valence-corrected chi connectivity index (χ3v) is 10.8. The Morgan fingerprint density at radius 2 is 1.12 bits per heavy atom. The highest BCUT2D eigenvalue weighted by Gasteiger charge is 2.53. The molecule has 2 aromatic carbocycles. The average molecular weight is 859 g/mol. The highest BCUT2D eigenvalue weighted by molar-refractivity contribution is 5.88. The number of hydrogen-bond donors (Lipinski definition) is 13. The van der Waals surface area contributed by atoms with E-state index in [4.69, 9.17) is 42.3 Å². The van der Waals surface area contributed by atoms with Gasteiger partial charge < -0.3 is 109 Å². The number of hydrogen-bond acceptors (Lipinski definition) is 23. The van der Waals surface area contributed by atoms with Gasteiger partial charge in [0.25, 0.3) is 0 Å². The van der Waals surface area contributed by atoms with Crippen molar-refractivity contribution in [3.05, 3.63) is 52.9 Å². The molecule has 60 heavy (non-hydrogen) atoms. The lowest BCUT2D eigenvalue weighted by Gasteiger charge is -2.40. The lowest BCUT2D eigenvalue weighted by molar-refractivity contribution is -0.310. The van der Waals surface area contributed by atoms with Gasteiger partial charge in [-0.3, -0.25) is 4.79 Å². The quantitative estimate of drug-likeness (QED) is 0.0762. The van der Waals surface area contributed by atoms with Gasteiger partial charge in [0.2, 0.25) is 18.0 Å². The third-order valence-electron chi connectivity index (χ3n) is 10.8. The van der Waals surface area contributed by atoms with E-state index in [-0.39, 0.29) is 28.0 Å². The van der Waals surface area contributed by atoms with Crippen LogP contribution in [0.4, 0.5) is 0 Å². The number of rotatable bonds is 13. The zero-order valence-corrected chi connectivity index (χ0v) is 31.3. The van der Waals surface area contributed by atoms with Crippen LogP contribution in [-0.4, -0.2) is 203 Å². The molecule has 0 aliphatic carbocycles. The summed E-state index contributed by atoms with van der Waals surface area (Å²) in [5, 5.41) is 133. The predicted molar refractivity (Wildman–Crippen MR) is 192 cm³/mol. The van der Waals surface area contributed by atoms with Crippen LogP contribution in [-0.2, 0) is 28.4 Å². The van der Waals surface area contributed by atoms with Crippen LogP contribution >= 0.6 is 0 Å². The van der Waals surface area contributed by atoms with Gasteiger partial charge in [-0.05, 0) is 17.7 Å². The van der Waals surface area contributed by atoms with E-state index in [1.807, 2.05) is 0 Å². The Labute approximate surface area is 337 Å². The Balaban J connectivity index is 0.958. The fourth-order valence-corrected chi connectivity index (χ4v) is 7.08. The minimum absolute atomic E-state index is 0.0221. The van der Waals surface area contributed by atoms with Crippen molar-refractivity contribution < 1.29 is 109 Å². The molecule has 0 amide bonds. The molecule has 0 spiro atoms. The van der Waals surface area contributed by atoms with E-state index in [1.165, 1.54) is 30.3 Å². The minimum Gasteiger partial charge on any atom is -0.507 e. The van der Waals surface area contributed by atoms with Gasteiger partial charge >= 0.3 is 0 Å². The Bertz CT molecular complexity index is 1990. The molecule has 4 saturated heterocycles. The normalized spacial score (nSPS) is 39.6. The number of benzene rings is 2. The van der Waals surface area contributed by atoms with E-state index in [1.54, 1.807) is 0 Å². The molecule has 0 bridgehead atoms. The molecule has 4 aliphatic heterocycles. The van der Waals surface area contributed by atoms with Crippen molar-refractivity contribution in [2.24, 2.45) is 0 Å². The number of aliphatic hydroxyl groups excluding tert-OH is 10. The largest absolute Gasteiger partial charge is 0.507 e. The maximum atomic E-state index is 13.6. The van der Waals surface area contributed by atoms with Gasteiger partial charge in [0, 0.05) is 12.1 Å². The van der Waals surface area contributed by atoms with Gasteiger partial charge in [-0.15, -0.1) is 0 Å². The fourth-order valence-electron chi connectivity index (χ4n) is 7.08. The van der Waals surface area contributed by atoms with Crippen molar-refractivity contribution in [2.75, 3.05) is 39.6 Å². The van der Waals surface area contributed by atoms with Gasteiger partial charge in [-0.25, -0.2) is 0 Å². The van der Waals surface area contributed by atoms with Crippen molar-refractivity contribution in [3.63, 3.8) is 0 Å². The van der Waals surface area contributed by atoms with Crippen molar-refractivity contribution in [2.45, 2.75) is 97.4 Å². The van der Waals surface area contributed by atoms with Gasteiger partial charge in [0.05, 0.1) is 45.2 Å². The summed E-state index contributed by atoms with van der Waals surface area (Å²) < 4.78 is 49.1. The first-order valence-corrected chi connectivity index (χ1v) is 18.6. The molecular formula is C37H46O23. The molecule has 1 aromatic heterocycles. The maximum Gasteiger partial charge on any atom is 0.229 e. The number of aromatic hydroxyl groups is 1. The SMILES string of the molecule is O=c1c(-c2ccc(O[C@H]3OC[C@@](O)(CO[C@H]4O[C@@H](CO)[C@H](O)[C@@H](O)[C@@H]4O)[C@@H]3O)cc2)coc2cc(O[C@@H]3OC[C@](O)(CO[C@@H]4O[C@H](CO)[C@@H](O)[C@H](O)[C@H]4O)[C@H]3O)cc(O)c12. The van der Waals surface area contributed by atoms with Gasteiger partial charge in [0.1, 0.15) is 107 Å². The van der Waals surface area contributed by atoms with Gasteiger partial charge in [-0.1, -0.05) is 12.1 Å². The third kappa shape index (κ3) is 8.44. The number of ether oxygens (including phenoxy) is 8. The summed E-state index contributed by atoms with van der Waals surface area (Å²) in [6, 6.07) is 8.09. The van der Waals surface area contributed by atoms with Crippen LogP contribution in [0, 0.1) is 0 Å². The molecular weight excluding hydrogens is 812 g/mol. The van der Waals surface area contributed by atoms with Gasteiger partial charge in [0.15, 0.2) is 12.6 Å². The molecule has 0 saturated carbocycles. The second kappa shape index (κ2) is 17.6. The molecule has 0 unspecified atom stereocenters. The van der Waals surface area contributed by atoms with Crippen LogP contribution in [0.15, 0.2) is 51.9 Å². The zero-order valence-electron chi connectivity index (χ0n) is 31.3. The lowest BCUT2D eigenvalue weighted by Crippen LogP contribution is -2.60. The number of phenolic OH excluding ortho intramolecular Hbond substituents is 1. The van der Waals surface area contributed by atoms with Crippen LogP contribution in [0.25, 0.3) is 22.1 Å². The first-order valence-electron chi connectivity index (χ1n) is 18.6. The van der Waals surface area contributed by atoms with Crippen LogP contribution in [0.3, 0.4) is 0 Å². The van der Waals surface area contributed by atoms with Crippen LogP contribution in [0.5, 0.6) is 17.2 Å². The summed E-state index contributed by atoms with van der Waals surface area (Å²) in [4.78, 5) is 13.6. The first kappa shape index (κ1) is 44.4. The topological polar surface area (TPSA) is 367 Å². The van der Waals surface area contributed by atoms with Crippen molar-refractivity contribution in [1.82, 2.24) is 0 Å². The van der Waals surface area contributed by atoms with E-state index in [9.17, 15) is 71.2 Å². The molecule has 0 radical (unpaired) electrons. The minimum atomic E-state index is -2.13. The highest BCUT2D eigenvalue weighted by atomic mass is 16.7. The summed E-state index contributed by atoms with van der Waals surface area (Å²) in [6.45, 7) is -3.81. The van der Waals surface area contributed by atoms with Gasteiger partial charge in [-0.2, -0.15) is 0 Å². The van der Waals surface area contributed by atoms with Crippen LogP contribution < -0.4 is 14.9 Å². The number of aliphatic hydroxyl groups is 12. The van der Waals surface area contributed by atoms with E-state index in [0.29, 0.717) is 5.56 Å². The Morgan fingerprint density at radius 1 is 0.633 bits per heavy atom. The molecule has 5 heterocycles. The summed E-state index contributed by atoms with van der Waals surface area (Å²) >= 11 is 0. The highest BCUT2D eigenvalue weighted by Crippen LogP contribution is 2.35. The average Bonchev–Trinajstić information content (AvgIpc) is 3.67. The predicted octanol–water partition coefficient (Wildman–Crippen LogP) is -5.55. The zero-order chi connectivity index (χ0) is 43.3. The molecule has 4 aliphatic rings.